The number of alkyl halides is 3. The van der Waals surface area contributed by atoms with Gasteiger partial charge in [0, 0.05) is 12.0 Å². The van der Waals surface area contributed by atoms with Gasteiger partial charge in [-0.1, -0.05) is 18.0 Å². The molecular weight excluding hydrogens is 461 g/mol. The molecule has 11 heteroatoms. The number of carbonyl (C=O) groups is 1. The number of hydrogen-bond donors (Lipinski definition) is 0. The van der Waals surface area contributed by atoms with Gasteiger partial charge in [-0.05, 0) is 57.0 Å². The number of rotatable bonds is 4. The Balaban J connectivity index is 1.43. The van der Waals surface area contributed by atoms with E-state index in [1.807, 2.05) is 0 Å². The Morgan fingerprint density at radius 3 is 2.82 bits per heavy atom. The molecule has 176 valence electrons. The number of hydrogen-bond acceptors (Lipinski definition) is 6. The van der Waals surface area contributed by atoms with Crippen molar-refractivity contribution < 1.29 is 27.1 Å². The summed E-state index contributed by atoms with van der Waals surface area (Å²) in [4.78, 5) is 19.4. The summed E-state index contributed by atoms with van der Waals surface area (Å²) in [7, 11) is 0. The molecule has 2 aliphatic heterocycles. The molecule has 5 rings (SSSR count). The molecule has 5 heterocycles. The summed E-state index contributed by atoms with van der Waals surface area (Å²) in [6.07, 6.45) is 1.93. The third kappa shape index (κ3) is 4.21. The molecule has 2 aliphatic rings. The van der Waals surface area contributed by atoms with Crippen molar-refractivity contribution in [1.29, 1.82) is 0 Å². The van der Waals surface area contributed by atoms with Gasteiger partial charge in [-0.2, -0.15) is 18.3 Å². The van der Waals surface area contributed by atoms with E-state index in [-0.39, 0.29) is 40.3 Å². The van der Waals surface area contributed by atoms with Crippen molar-refractivity contribution in [2.24, 2.45) is 5.92 Å². The fraction of sp³-hybridized carbons (Fsp3) is 0.500. The molecule has 0 N–H and O–H groups in total. The van der Waals surface area contributed by atoms with Crippen molar-refractivity contribution in [3.05, 3.63) is 40.9 Å². The number of piperidine rings is 2. The second kappa shape index (κ2) is 8.64. The van der Waals surface area contributed by atoms with Crippen LogP contribution in [0.2, 0.25) is 5.02 Å². The van der Waals surface area contributed by atoms with Crippen LogP contribution in [0.3, 0.4) is 0 Å². The van der Waals surface area contributed by atoms with Gasteiger partial charge in [-0.25, -0.2) is 14.3 Å². The molecule has 2 fully saturated rings. The molecule has 33 heavy (non-hydrogen) atoms. The standard InChI is InChI=1S/C22H22ClF3N4O3/c23-18-19(21(31)33-12-13-5-3-9-29-8-2-1-6-15(13)29)28-30-17(22(24,25)26)11-14(27-20(18)30)16-7-4-10-32-16/h4,7,10-11,13,15H,1-3,5-6,8-9,12H2/t13-,15+/m1/s1. The van der Waals surface area contributed by atoms with Gasteiger partial charge in [0.1, 0.15) is 10.7 Å². The lowest BCUT2D eigenvalue weighted by Gasteiger charge is -2.44. The fourth-order valence-corrected chi connectivity index (χ4v) is 5.13. The predicted molar refractivity (Wildman–Crippen MR) is 113 cm³/mol. The maximum Gasteiger partial charge on any atom is 0.433 e. The first-order chi connectivity index (χ1) is 15.8. The highest BCUT2D eigenvalue weighted by atomic mass is 35.5. The molecule has 2 saturated heterocycles. The van der Waals surface area contributed by atoms with Crippen LogP contribution in [0.15, 0.2) is 28.9 Å². The minimum atomic E-state index is -4.76. The number of halogens is 4. The lowest BCUT2D eigenvalue weighted by molar-refractivity contribution is -0.142. The maximum atomic E-state index is 13.7. The Kier molecular flexibility index (Phi) is 5.82. The Morgan fingerprint density at radius 2 is 2.06 bits per heavy atom. The largest absolute Gasteiger partial charge is 0.463 e. The predicted octanol–water partition coefficient (Wildman–Crippen LogP) is 5.08. The Bertz CT molecular complexity index is 1160. The van der Waals surface area contributed by atoms with Gasteiger partial charge in [0.15, 0.2) is 22.8 Å². The maximum absolute atomic E-state index is 13.7. The average molecular weight is 483 g/mol. The van der Waals surface area contributed by atoms with Crippen LogP contribution in [0.4, 0.5) is 13.2 Å². The molecule has 0 amide bonds. The van der Waals surface area contributed by atoms with E-state index in [0.717, 1.165) is 44.8 Å². The lowest BCUT2D eigenvalue weighted by atomic mass is 9.84. The van der Waals surface area contributed by atoms with E-state index >= 15 is 0 Å². The summed E-state index contributed by atoms with van der Waals surface area (Å²) >= 11 is 6.29. The lowest BCUT2D eigenvalue weighted by Crippen LogP contribution is -2.49. The van der Waals surface area contributed by atoms with Crippen molar-refractivity contribution in [2.75, 3.05) is 19.7 Å². The molecule has 0 aromatic carbocycles. The van der Waals surface area contributed by atoms with Gasteiger partial charge >= 0.3 is 12.1 Å². The highest BCUT2D eigenvalue weighted by molar-refractivity contribution is 6.36. The quantitative estimate of drug-likeness (QED) is 0.483. The second-order valence-corrected chi connectivity index (χ2v) is 8.88. The molecule has 0 unspecified atom stereocenters. The van der Waals surface area contributed by atoms with E-state index in [4.69, 9.17) is 20.8 Å². The average Bonchev–Trinajstić information content (AvgIpc) is 3.45. The van der Waals surface area contributed by atoms with Gasteiger partial charge in [0.2, 0.25) is 0 Å². The number of furan rings is 1. The molecule has 0 saturated carbocycles. The minimum Gasteiger partial charge on any atom is -0.463 e. The number of ether oxygens (including phenoxy) is 1. The van der Waals surface area contributed by atoms with Crippen LogP contribution in [0.1, 0.15) is 48.3 Å². The Labute approximate surface area is 192 Å². The summed E-state index contributed by atoms with van der Waals surface area (Å²) in [5.41, 5.74) is -1.87. The number of carbonyl (C=O) groups excluding carboxylic acids is 1. The van der Waals surface area contributed by atoms with Crippen LogP contribution in [0, 0.1) is 5.92 Å². The van der Waals surface area contributed by atoms with E-state index in [9.17, 15) is 18.0 Å². The van der Waals surface area contributed by atoms with Crippen LogP contribution < -0.4 is 0 Å². The van der Waals surface area contributed by atoms with Crippen LogP contribution in [-0.2, 0) is 10.9 Å². The fourth-order valence-electron chi connectivity index (χ4n) is 4.90. The van der Waals surface area contributed by atoms with E-state index in [2.05, 4.69) is 15.0 Å². The van der Waals surface area contributed by atoms with E-state index in [1.54, 1.807) is 0 Å². The second-order valence-electron chi connectivity index (χ2n) is 8.50. The van der Waals surface area contributed by atoms with Crippen molar-refractivity contribution in [3.63, 3.8) is 0 Å². The Hall–Kier alpha value is -2.59. The SMILES string of the molecule is O=C(OC[C@H]1CCCN2CCCC[C@@H]12)c1nn2c(C(F)(F)F)cc(-c3ccco3)nc2c1Cl. The van der Waals surface area contributed by atoms with Crippen molar-refractivity contribution in [3.8, 4) is 11.5 Å². The number of esters is 1. The first-order valence-electron chi connectivity index (χ1n) is 10.9. The third-order valence-corrected chi connectivity index (χ3v) is 6.80. The highest BCUT2D eigenvalue weighted by Crippen LogP contribution is 2.35. The van der Waals surface area contributed by atoms with E-state index in [0.29, 0.717) is 10.6 Å². The molecule has 3 aromatic rings. The normalized spacial score (nSPS) is 21.8. The molecule has 0 spiro atoms. The van der Waals surface area contributed by atoms with Gasteiger partial charge in [0.25, 0.3) is 0 Å². The zero-order valence-corrected chi connectivity index (χ0v) is 18.4. The van der Waals surface area contributed by atoms with Crippen LogP contribution in [0.5, 0.6) is 0 Å². The van der Waals surface area contributed by atoms with E-state index < -0.39 is 17.8 Å². The van der Waals surface area contributed by atoms with Gasteiger partial charge in [-0.3, -0.25) is 4.90 Å². The van der Waals surface area contributed by atoms with Crippen molar-refractivity contribution in [1.82, 2.24) is 19.5 Å². The zero-order valence-electron chi connectivity index (χ0n) is 17.6. The van der Waals surface area contributed by atoms with Crippen molar-refractivity contribution in [2.45, 2.75) is 44.3 Å². The molecule has 2 atom stereocenters. The van der Waals surface area contributed by atoms with Gasteiger partial charge < -0.3 is 9.15 Å². The van der Waals surface area contributed by atoms with Crippen LogP contribution in [0.25, 0.3) is 17.1 Å². The van der Waals surface area contributed by atoms with E-state index in [1.165, 1.54) is 24.8 Å². The third-order valence-electron chi connectivity index (χ3n) is 6.45. The highest BCUT2D eigenvalue weighted by Gasteiger charge is 2.38. The molecule has 7 nitrogen and oxygen atoms in total. The number of aromatic nitrogens is 3. The summed E-state index contributed by atoms with van der Waals surface area (Å²) in [6, 6.07) is 4.20. The monoisotopic (exact) mass is 482 g/mol. The minimum absolute atomic E-state index is 0.0684. The molecule has 0 radical (unpaired) electrons. The van der Waals surface area contributed by atoms with Gasteiger partial charge in [0.05, 0.1) is 12.9 Å². The van der Waals surface area contributed by atoms with Crippen LogP contribution in [-0.4, -0.2) is 51.2 Å². The number of fused-ring (bicyclic) bond motifs is 2. The molecule has 3 aromatic heterocycles. The summed E-state index contributed by atoms with van der Waals surface area (Å²) < 4.78 is 52.5. The van der Waals surface area contributed by atoms with Gasteiger partial charge in [-0.15, -0.1) is 0 Å². The van der Waals surface area contributed by atoms with Crippen molar-refractivity contribution >= 4 is 23.2 Å². The first kappa shape index (κ1) is 22.2. The molecule has 0 aliphatic carbocycles. The zero-order chi connectivity index (χ0) is 23.2. The molecule has 0 bridgehead atoms. The topological polar surface area (TPSA) is 72.9 Å². The Morgan fingerprint density at radius 1 is 1.24 bits per heavy atom. The summed E-state index contributed by atoms with van der Waals surface area (Å²) in [5.74, 6) is -0.530. The molecular formula is C22H22ClF3N4O3. The summed E-state index contributed by atoms with van der Waals surface area (Å²) in [6.45, 7) is 2.29. The summed E-state index contributed by atoms with van der Waals surface area (Å²) in [5, 5.41) is 3.54. The van der Waals surface area contributed by atoms with Crippen LogP contribution >= 0.6 is 11.6 Å². The first-order valence-corrected chi connectivity index (χ1v) is 11.3. The number of nitrogens with zero attached hydrogens (tertiary/aromatic N) is 4. The smallest absolute Gasteiger partial charge is 0.433 e.